The number of para-hydroxylation sites is 5. The van der Waals surface area contributed by atoms with Crippen LogP contribution in [-0.4, -0.2) is 9.79 Å². The highest BCUT2D eigenvalue weighted by molar-refractivity contribution is 7.48. The van der Waals surface area contributed by atoms with Crippen molar-refractivity contribution >= 4 is 21.3 Å². The molecule has 0 saturated carbocycles. The summed E-state index contributed by atoms with van der Waals surface area (Å²) in [6.45, 7) is 0. The Morgan fingerprint density at radius 2 is 0.795 bits per heavy atom. The first kappa shape index (κ1) is 32.1. The van der Waals surface area contributed by atoms with E-state index in [0.29, 0.717) is 0 Å². The number of benzene rings is 5. The van der Waals surface area contributed by atoms with Gasteiger partial charge in [-0.15, -0.1) is 0 Å². The monoisotopic (exact) mass is 631 g/mol. The maximum absolute atomic E-state index is 11.7. The molecule has 0 amide bonds. The summed E-state index contributed by atoms with van der Waals surface area (Å²) in [5.41, 5.74) is 2.62. The molecule has 0 radical (unpaired) electrons. The summed E-state index contributed by atoms with van der Waals surface area (Å²) in [6, 6.07) is 41.8. The van der Waals surface area contributed by atoms with Gasteiger partial charge in [-0.25, -0.2) is 9.13 Å². The van der Waals surface area contributed by atoms with E-state index in [9.17, 15) is 18.9 Å². The fourth-order valence-electron chi connectivity index (χ4n) is 3.67. The summed E-state index contributed by atoms with van der Waals surface area (Å²) in [5, 5.41) is 3.18. The van der Waals surface area contributed by atoms with Gasteiger partial charge in [-0.3, -0.25) is 9.79 Å². The predicted molar refractivity (Wildman–Crippen MR) is 171 cm³/mol. The molecule has 0 atom stereocenters. The smallest absolute Gasteiger partial charge is 0.395 e. The second-order valence-corrected chi connectivity index (χ2v) is 11.6. The molecule has 9 nitrogen and oxygen atoms in total. The molecule has 0 fully saturated rings. The number of rotatable bonds is 8. The predicted octanol–water partition coefficient (Wildman–Crippen LogP) is 8.66. The van der Waals surface area contributed by atoms with E-state index in [1.165, 1.54) is 11.3 Å². The summed E-state index contributed by atoms with van der Waals surface area (Å²) in [4.78, 5) is 19.1. The third-order valence-electron chi connectivity index (χ3n) is 5.57. The zero-order valence-corrected chi connectivity index (χ0v) is 25.2. The number of anilines is 1. The van der Waals surface area contributed by atoms with Crippen LogP contribution in [0, 0.1) is 0 Å². The van der Waals surface area contributed by atoms with Crippen LogP contribution in [0.25, 0.3) is 0 Å². The van der Waals surface area contributed by atoms with Crippen molar-refractivity contribution in [1.82, 2.24) is 0 Å². The molecule has 1 heterocycles. The first-order chi connectivity index (χ1) is 21.3. The van der Waals surface area contributed by atoms with Gasteiger partial charge in [-0.2, -0.15) is 0 Å². The largest absolute Gasteiger partial charge is 0.584 e. The number of fused-ring (bicyclic) bond motifs is 1. The van der Waals surface area contributed by atoms with Crippen LogP contribution in [0.1, 0.15) is 5.56 Å². The third-order valence-corrected chi connectivity index (χ3v) is 7.33. The van der Waals surface area contributed by atoms with Gasteiger partial charge in [0.05, 0.1) is 0 Å². The van der Waals surface area contributed by atoms with Gasteiger partial charge < -0.3 is 23.4 Å². The van der Waals surface area contributed by atoms with Gasteiger partial charge in [-0.1, -0.05) is 97.1 Å². The number of hydrogen-bond acceptors (Lipinski definition) is 7. The van der Waals surface area contributed by atoms with Crippen molar-refractivity contribution in [3.8, 4) is 23.0 Å². The van der Waals surface area contributed by atoms with Crippen LogP contribution < -0.4 is 23.4 Å². The van der Waals surface area contributed by atoms with Crippen molar-refractivity contribution in [2.75, 3.05) is 5.32 Å². The Morgan fingerprint density at radius 3 is 1.14 bits per heavy atom. The van der Waals surface area contributed by atoms with E-state index >= 15 is 0 Å². The second kappa shape index (κ2) is 16.2. The number of hydrogen-bond donors (Lipinski definition) is 3. The highest BCUT2D eigenvalue weighted by Crippen LogP contribution is 2.45. The van der Waals surface area contributed by atoms with Crippen LogP contribution in [0.4, 0.5) is 5.69 Å². The summed E-state index contributed by atoms with van der Waals surface area (Å²) in [5.74, 6) is 1.15. The molecule has 11 heteroatoms. The number of phosphoric acid groups is 2. The maximum Gasteiger partial charge on any atom is 0.584 e. The molecule has 226 valence electrons. The molecule has 5 aromatic rings. The first-order valence-electron chi connectivity index (χ1n) is 13.4. The van der Waals surface area contributed by atoms with E-state index in [0.717, 1.165) is 6.42 Å². The van der Waals surface area contributed by atoms with Crippen molar-refractivity contribution in [2.45, 2.75) is 6.42 Å². The van der Waals surface area contributed by atoms with Crippen LogP contribution in [0.15, 0.2) is 158 Å². The van der Waals surface area contributed by atoms with E-state index in [4.69, 9.17) is 18.1 Å². The van der Waals surface area contributed by atoms with E-state index in [2.05, 4.69) is 29.6 Å². The normalized spacial score (nSPS) is 11.6. The van der Waals surface area contributed by atoms with E-state index in [-0.39, 0.29) is 23.0 Å². The average Bonchev–Trinajstić information content (AvgIpc) is 3.03. The molecule has 0 unspecified atom stereocenters. The van der Waals surface area contributed by atoms with Gasteiger partial charge in [0.15, 0.2) is 0 Å². The van der Waals surface area contributed by atoms with Crippen LogP contribution in [0.2, 0.25) is 0 Å². The van der Waals surface area contributed by atoms with Crippen LogP contribution in [0.5, 0.6) is 23.0 Å². The maximum atomic E-state index is 11.7. The van der Waals surface area contributed by atoms with Crippen molar-refractivity contribution in [1.29, 1.82) is 0 Å². The summed E-state index contributed by atoms with van der Waals surface area (Å²) in [6.07, 6.45) is 5.17. The van der Waals surface area contributed by atoms with E-state index in [1.54, 1.807) is 121 Å². The lowest BCUT2D eigenvalue weighted by atomic mass is 10.1. The molecule has 3 N–H and O–H groups in total. The molecule has 0 bridgehead atoms. The molecule has 1 aliphatic heterocycles. The van der Waals surface area contributed by atoms with Gasteiger partial charge in [0.2, 0.25) is 0 Å². The molecule has 0 saturated heterocycles. The van der Waals surface area contributed by atoms with Crippen molar-refractivity contribution < 1.29 is 37.0 Å². The number of nitrogens with one attached hydrogen (secondary N) is 1. The summed E-state index contributed by atoms with van der Waals surface area (Å²) >= 11 is 0. The van der Waals surface area contributed by atoms with Crippen molar-refractivity contribution in [3.05, 3.63) is 163 Å². The van der Waals surface area contributed by atoms with Crippen molar-refractivity contribution in [3.63, 3.8) is 0 Å². The Hall–Kier alpha value is -4.78. The Kier molecular flexibility index (Phi) is 11.8. The standard InChI is InChI=1S/2C12H11O4P.C9H9N/c2*13-17(14,15-11-7-3-1-4-8-11)16-12-9-5-2-6-10-12;1-2-6-9-8(4-1)5-3-7-10-9/h2*1-10H,(H,13,14);1-4,6-7,10H,5H2. The fraction of sp³-hybridized carbons (Fsp3) is 0.0303. The zero-order valence-electron chi connectivity index (χ0n) is 23.5. The molecule has 0 aliphatic carbocycles. The minimum atomic E-state index is -4.14. The minimum Gasteiger partial charge on any atom is -0.395 e. The Morgan fingerprint density at radius 1 is 0.477 bits per heavy atom. The van der Waals surface area contributed by atoms with E-state index < -0.39 is 15.6 Å². The number of allylic oxidation sites excluding steroid dienone is 1. The fourth-order valence-corrected chi connectivity index (χ4v) is 5.30. The molecular formula is C33H31NO8P2. The Labute approximate surface area is 256 Å². The van der Waals surface area contributed by atoms with Crippen LogP contribution in [-0.2, 0) is 15.6 Å². The molecule has 6 rings (SSSR count). The van der Waals surface area contributed by atoms with E-state index in [1.807, 2.05) is 12.3 Å². The van der Waals surface area contributed by atoms with Gasteiger partial charge in [-0.05, 0) is 72.8 Å². The molecule has 0 aromatic heterocycles. The summed E-state index contributed by atoms with van der Waals surface area (Å²) < 4.78 is 42.9. The van der Waals surface area contributed by atoms with Crippen LogP contribution >= 0.6 is 15.6 Å². The van der Waals surface area contributed by atoms with Gasteiger partial charge in [0, 0.05) is 5.69 Å². The van der Waals surface area contributed by atoms with Gasteiger partial charge in [0.1, 0.15) is 23.0 Å². The quantitative estimate of drug-likeness (QED) is 0.144. The topological polar surface area (TPSA) is 124 Å². The molecule has 0 spiro atoms. The zero-order chi connectivity index (χ0) is 31.1. The average molecular weight is 632 g/mol. The van der Waals surface area contributed by atoms with Gasteiger partial charge >= 0.3 is 15.6 Å². The highest BCUT2D eigenvalue weighted by Gasteiger charge is 2.25. The lowest BCUT2D eigenvalue weighted by Gasteiger charge is -2.13. The van der Waals surface area contributed by atoms with Gasteiger partial charge in [0.25, 0.3) is 0 Å². The lowest BCUT2D eigenvalue weighted by molar-refractivity contribution is 0.289. The minimum absolute atomic E-state index is 0.286. The lowest BCUT2D eigenvalue weighted by Crippen LogP contribution is -1.99. The second-order valence-electron chi connectivity index (χ2n) is 8.96. The van der Waals surface area contributed by atoms with Crippen LogP contribution in [0.3, 0.4) is 0 Å². The SMILES string of the molecule is C1=CNc2ccccc2C1.O=P(O)(Oc1ccccc1)Oc1ccccc1.O=P(O)(Oc1ccccc1)Oc1ccccc1. The molecule has 5 aromatic carbocycles. The summed E-state index contributed by atoms with van der Waals surface area (Å²) in [7, 11) is -8.27. The Bertz CT molecular complexity index is 1470. The third kappa shape index (κ3) is 11.5. The Balaban J connectivity index is 0.000000156. The molecular weight excluding hydrogens is 600 g/mol. The number of phosphoric ester groups is 2. The molecule has 44 heavy (non-hydrogen) atoms. The molecule has 1 aliphatic rings. The first-order valence-corrected chi connectivity index (χ1v) is 16.4. The van der Waals surface area contributed by atoms with Crippen molar-refractivity contribution in [2.24, 2.45) is 0 Å². The highest BCUT2D eigenvalue weighted by atomic mass is 31.2.